The van der Waals surface area contributed by atoms with Crippen molar-refractivity contribution in [3.05, 3.63) is 48.7 Å². The third-order valence-corrected chi connectivity index (χ3v) is 4.25. The highest BCUT2D eigenvalue weighted by Gasteiger charge is 2.20. The van der Waals surface area contributed by atoms with Crippen LogP contribution in [0.5, 0.6) is 5.75 Å². The van der Waals surface area contributed by atoms with Crippen LogP contribution in [0.1, 0.15) is 0 Å². The number of likely N-dealkylation sites (N-methyl/N-ethyl adjacent to an activating group) is 1. The minimum atomic E-state index is 0.706. The molecule has 128 valence electrons. The fourth-order valence-electron chi connectivity index (χ4n) is 2.90. The van der Waals surface area contributed by atoms with Crippen LogP contribution in [0.25, 0.3) is 0 Å². The maximum absolute atomic E-state index is 6.00. The number of benzene rings is 1. The van der Waals surface area contributed by atoms with E-state index in [2.05, 4.69) is 58.0 Å². The lowest BCUT2D eigenvalue weighted by molar-refractivity contribution is 0.261. The van der Waals surface area contributed by atoms with Crippen molar-refractivity contribution in [2.24, 2.45) is 0 Å². The molecule has 0 amide bonds. The molecule has 1 aromatic carbocycles. The summed E-state index contributed by atoms with van der Waals surface area (Å²) in [5.74, 6) is 2.04. The van der Waals surface area contributed by atoms with E-state index in [1.54, 1.807) is 0 Å². The average Bonchev–Trinajstić information content (AvgIpc) is 2.63. The first kappa shape index (κ1) is 16.6. The maximum Gasteiger partial charge on any atom is 0.142 e. The Bertz CT molecular complexity index is 624. The van der Waals surface area contributed by atoms with Crippen molar-refractivity contribution in [2.45, 2.75) is 0 Å². The van der Waals surface area contributed by atoms with Crippen molar-refractivity contribution in [1.82, 2.24) is 9.88 Å². The van der Waals surface area contributed by atoms with E-state index in [1.165, 1.54) is 5.69 Å². The smallest absolute Gasteiger partial charge is 0.142 e. The van der Waals surface area contributed by atoms with Gasteiger partial charge in [-0.15, -0.1) is 0 Å². The number of piperazine rings is 1. The molecule has 3 rings (SSSR count). The Labute approximate surface area is 144 Å². The molecule has 5 heteroatoms. The number of hydrogen-bond donors (Lipinski definition) is 0. The van der Waals surface area contributed by atoms with Gasteiger partial charge in [0.15, 0.2) is 0 Å². The van der Waals surface area contributed by atoms with E-state index in [-0.39, 0.29) is 0 Å². The number of nitrogens with zero attached hydrogens (tertiary/aromatic N) is 4. The summed E-state index contributed by atoms with van der Waals surface area (Å²) in [5, 5.41) is 0. The number of para-hydroxylation sites is 2. The summed E-state index contributed by atoms with van der Waals surface area (Å²) in [6.45, 7) is 5.53. The third-order valence-electron chi connectivity index (χ3n) is 4.25. The van der Waals surface area contributed by atoms with Crippen molar-refractivity contribution in [1.29, 1.82) is 0 Å². The number of aromatic nitrogens is 1. The monoisotopic (exact) mass is 326 g/mol. The Balaban J connectivity index is 1.62. The second-order valence-corrected chi connectivity index (χ2v) is 6.28. The highest BCUT2D eigenvalue weighted by molar-refractivity contribution is 5.59. The predicted molar refractivity (Wildman–Crippen MR) is 99.2 cm³/mol. The van der Waals surface area contributed by atoms with Crippen LogP contribution in [0.4, 0.5) is 11.5 Å². The number of pyridine rings is 1. The fourth-order valence-corrected chi connectivity index (χ4v) is 2.90. The Morgan fingerprint density at radius 2 is 1.67 bits per heavy atom. The van der Waals surface area contributed by atoms with Crippen molar-refractivity contribution in [3.8, 4) is 5.75 Å². The molecule has 24 heavy (non-hydrogen) atoms. The molecule has 0 aliphatic carbocycles. The minimum absolute atomic E-state index is 0.706. The molecular formula is C19H26N4O. The number of rotatable bonds is 6. The summed E-state index contributed by atoms with van der Waals surface area (Å²) < 4.78 is 6.00. The van der Waals surface area contributed by atoms with Crippen LogP contribution in [0.15, 0.2) is 48.7 Å². The van der Waals surface area contributed by atoms with Crippen LogP contribution in [0, 0.1) is 0 Å². The van der Waals surface area contributed by atoms with E-state index >= 15 is 0 Å². The molecule has 1 aliphatic rings. The van der Waals surface area contributed by atoms with E-state index in [1.807, 2.05) is 24.4 Å². The van der Waals surface area contributed by atoms with Gasteiger partial charge in [0.2, 0.25) is 0 Å². The SMILES string of the molecule is CN(C)CCOc1ccccc1N1CCN(c2ccccn2)CC1. The van der Waals surface area contributed by atoms with Gasteiger partial charge in [0, 0.05) is 38.9 Å². The topological polar surface area (TPSA) is 31.8 Å². The summed E-state index contributed by atoms with van der Waals surface area (Å²) in [5.41, 5.74) is 1.19. The second kappa shape index (κ2) is 8.02. The molecule has 0 N–H and O–H groups in total. The predicted octanol–water partition coefficient (Wildman–Crippen LogP) is 2.35. The average molecular weight is 326 g/mol. The first-order valence-electron chi connectivity index (χ1n) is 8.51. The Kier molecular flexibility index (Phi) is 5.54. The summed E-state index contributed by atoms with van der Waals surface area (Å²) in [7, 11) is 4.12. The van der Waals surface area contributed by atoms with Gasteiger partial charge in [-0.2, -0.15) is 0 Å². The van der Waals surface area contributed by atoms with Crippen molar-refractivity contribution < 1.29 is 4.74 Å². The molecule has 0 saturated carbocycles. The quantitative estimate of drug-likeness (QED) is 0.813. The van der Waals surface area contributed by atoms with Crippen LogP contribution in [-0.2, 0) is 0 Å². The lowest BCUT2D eigenvalue weighted by Gasteiger charge is -2.37. The molecule has 2 aromatic rings. The van der Waals surface area contributed by atoms with E-state index in [0.29, 0.717) is 6.61 Å². The molecule has 1 saturated heterocycles. The van der Waals surface area contributed by atoms with Gasteiger partial charge < -0.3 is 19.4 Å². The summed E-state index contributed by atoms with van der Waals surface area (Å²) >= 11 is 0. The molecular weight excluding hydrogens is 300 g/mol. The number of anilines is 2. The van der Waals surface area contributed by atoms with Gasteiger partial charge in [0.1, 0.15) is 18.2 Å². The van der Waals surface area contributed by atoms with Gasteiger partial charge in [0.25, 0.3) is 0 Å². The highest BCUT2D eigenvalue weighted by Crippen LogP contribution is 2.29. The van der Waals surface area contributed by atoms with Gasteiger partial charge in [-0.25, -0.2) is 4.98 Å². The van der Waals surface area contributed by atoms with Crippen molar-refractivity contribution in [2.75, 3.05) is 63.2 Å². The van der Waals surface area contributed by atoms with Crippen molar-refractivity contribution in [3.63, 3.8) is 0 Å². The molecule has 0 unspecified atom stereocenters. The lowest BCUT2D eigenvalue weighted by atomic mass is 10.2. The van der Waals surface area contributed by atoms with Gasteiger partial charge in [0.05, 0.1) is 5.69 Å². The van der Waals surface area contributed by atoms with E-state index in [4.69, 9.17) is 4.74 Å². The van der Waals surface area contributed by atoms with E-state index in [9.17, 15) is 0 Å². The van der Waals surface area contributed by atoms with E-state index in [0.717, 1.165) is 44.3 Å². The first-order chi connectivity index (χ1) is 11.7. The number of ether oxygens (including phenoxy) is 1. The van der Waals surface area contributed by atoms with E-state index < -0.39 is 0 Å². The van der Waals surface area contributed by atoms with Gasteiger partial charge >= 0.3 is 0 Å². The fraction of sp³-hybridized carbons (Fsp3) is 0.421. The minimum Gasteiger partial charge on any atom is -0.490 e. The maximum atomic E-state index is 6.00. The standard InChI is InChI=1S/C19H26N4O/c1-21(2)15-16-24-18-8-4-3-7-17(18)22-11-13-23(14-12-22)19-9-5-6-10-20-19/h3-10H,11-16H2,1-2H3. The summed E-state index contributed by atoms with van der Waals surface area (Å²) in [6.07, 6.45) is 1.86. The summed E-state index contributed by atoms with van der Waals surface area (Å²) in [4.78, 5) is 11.3. The zero-order chi connectivity index (χ0) is 16.8. The molecule has 0 spiro atoms. The number of hydrogen-bond acceptors (Lipinski definition) is 5. The molecule has 5 nitrogen and oxygen atoms in total. The Morgan fingerprint density at radius 1 is 0.958 bits per heavy atom. The third kappa shape index (κ3) is 4.17. The molecule has 2 heterocycles. The lowest BCUT2D eigenvalue weighted by Crippen LogP contribution is -2.47. The molecule has 0 atom stereocenters. The molecule has 1 aliphatic heterocycles. The largest absolute Gasteiger partial charge is 0.490 e. The van der Waals surface area contributed by atoms with Gasteiger partial charge in [-0.1, -0.05) is 18.2 Å². The Hall–Kier alpha value is -2.27. The highest BCUT2D eigenvalue weighted by atomic mass is 16.5. The zero-order valence-electron chi connectivity index (χ0n) is 14.6. The van der Waals surface area contributed by atoms with Gasteiger partial charge in [-0.3, -0.25) is 0 Å². The molecule has 0 radical (unpaired) electrons. The van der Waals surface area contributed by atoms with Crippen LogP contribution in [0.2, 0.25) is 0 Å². The molecule has 0 bridgehead atoms. The molecule has 1 aromatic heterocycles. The summed E-state index contributed by atoms with van der Waals surface area (Å²) in [6, 6.07) is 14.4. The normalized spacial score (nSPS) is 15.0. The van der Waals surface area contributed by atoms with Crippen LogP contribution >= 0.6 is 0 Å². The van der Waals surface area contributed by atoms with Crippen molar-refractivity contribution >= 4 is 11.5 Å². The van der Waals surface area contributed by atoms with Gasteiger partial charge in [-0.05, 0) is 38.4 Å². The first-order valence-corrected chi connectivity index (χ1v) is 8.51. The van der Waals surface area contributed by atoms with Crippen LogP contribution in [-0.4, -0.2) is 63.3 Å². The second-order valence-electron chi connectivity index (χ2n) is 6.28. The molecule has 1 fully saturated rings. The Morgan fingerprint density at radius 3 is 2.38 bits per heavy atom. The van der Waals surface area contributed by atoms with Crippen LogP contribution < -0.4 is 14.5 Å². The van der Waals surface area contributed by atoms with Crippen LogP contribution in [0.3, 0.4) is 0 Å². The zero-order valence-corrected chi connectivity index (χ0v) is 14.6.